The van der Waals surface area contributed by atoms with Crippen LogP contribution in [0, 0.1) is 5.92 Å². The minimum Gasteiger partial charge on any atom is -0.146 e. The molecule has 66 valence electrons. The zero-order valence-electron chi connectivity index (χ0n) is 7.39. The van der Waals surface area contributed by atoms with Crippen LogP contribution in [0.4, 0.5) is 0 Å². The molecule has 1 aliphatic heterocycles. The van der Waals surface area contributed by atoms with E-state index >= 15 is 0 Å². The average molecular weight is 188 g/mol. The van der Waals surface area contributed by atoms with Crippen molar-refractivity contribution in [1.29, 1.82) is 0 Å². The van der Waals surface area contributed by atoms with Crippen molar-refractivity contribution in [1.82, 2.24) is 0 Å². The van der Waals surface area contributed by atoms with Gasteiger partial charge in [-0.2, -0.15) is 0 Å². The summed E-state index contributed by atoms with van der Waals surface area (Å²) in [6.45, 7) is 0. The molecule has 0 amide bonds. The first kappa shape index (κ1) is 7.69. The van der Waals surface area contributed by atoms with E-state index in [1.165, 1.54) is 12.0 Å². The van der Waals surface area contributed by atoms with Crippen LogP contribution in [0.2, 0.25) is 0 Å². The predicted molar refractivity (Wildman–Crippen MR) is 57.8 cm³/mol. The van der Waals surface area contributed by atoms with E-state index in [1.807, 2.05) is 0 Å². The van der Waals surface area contributed by atoms with Crippen LogP contribution < -0.4 is 0 Å². The largest absolute Gasteiger partial charge is 0.146 e. The highest BCUT2D eigenvalue weighted by molar-refractivity contribution is 8.00. The second-order valence-corrected chi connectivity index (χ2v) is 5.18. The molecular formula is C12H12S. The summed E-state index contributed by atoms with van der Waals surface area (Å²) in [4.78, 5) is 0. The molecule has 0 radical (unpaired) electrons. The molecule has 13 heavy (non-hydrogen) atoms. The molecule has 3 rings (SSSR count). The molecule has 2 bridgehead atoms. The summed E-state index contributed by atoms with van der Waals surface area (Å²) in [7, 11) is 0. The molecule has 0 N–H and O–H groups in total. The van der Waals surface area contributed by atoms with Gasteiger partial charge in [0.05, 0.1) is 0 Å². The number of fused-ring (bicyclic) bond motifs is 2. The molecule has 1 fully saturated rings. The van der Waals surface area contributed by atoms with Gasteiger partial charge in [0, 0.05) is 10.5 Å². The molecule has 1 heterocycles. The third-order valence-electron chi connectivity index (χ3n) is 2.92. The van der Waals surface area contributed by atoms with Crippen LogP contribution in [0.5, 0.6) is 0 Å². The number of allylic oxidation sites excluding steroid dienone is 1. The number of benzene rings is 1. The van der Waals surface area contributed by atoms with Crippen molar-refractivity contribution >= 4 is 11.8 Å². The minimum absolute atomic E-state index is 0.733. The molecular weight excluding hydrogens is 176 g/mol. The first-order valence-corrected chi connectivity index (χ1v) is 5.76. The monoisotopic (exact) mass is 188 g/mol. The van der Waals surface area contributed by atoms with Crippen LogP contribution in [-0.4, -0.2) is 5.25 Å². The number of hydrogen-bond acceptors (Lipinski definition) is 1. The SMILES string of the molecule is C1=C[C@H]2C[C@@H]1[C@H](c1ccccc1)S2. The molecule has 0 saturated carbocycles. The van der Waals surface area contributed by atoms with Gasteiger partial charge in [0.2, 0.25) is 0 Å². The fourth-order valence-electron chi connectivity index (χ4n) is 2.28. The lowest BCUT2D eigenvalue weighted by atomic mass is 9.99. The Bertz CT molecular complexity index is 328. The zero-order valence-corrected chi connectivity index (χ0v) is 8.21. The standard InChI is InChI=1S/C12H12S/c1-2-4-9(5-3-1)12-10-6-7-11(8-10)13-12/h1-7,10-12H,8H2/t10-,11+,12+/m1/s1. The van der Waals surface area contributed by atoms with Crippen molar-refractivity contribution in [3.8, 4) is 0 Å². The lowest BCUT2D eigenvalue weighted by molar-refractivity contribution is 0.658. The predicted octanol–water partition coefficient (Wildman–Crippen LogP) is 3.42. The molecule has 0 nitrogen and oxygen atoms in total. The molecule has 1 aromatic rings. The fourth-order valence-corrected chi connectivity index (χ4v) is 3.88. The number of rotatable bonds is 1. The summed E-state index contributed by atoms with van der Waals surface area (Å²) in [5.41, 5.74) is 1.50. The average Bonchev–Trinajstić information content (AvgIpc) is 2.80. The van der Waals surface area contributed by atoms with Crippen LogP contribution >= 0.6 is 11.8 Å². The maximum absolute atomic E-state index is 2.40. The van der Waals surface area contributed by atoms with Gasteiger partial charge in [-0.15, -0.1) is 11.8 Å². The van der Waals surface area contributed by atoms with Gasteiger partial charge in [-0.3, -0.25) is 0 Å². The van der Waals surface area contributed by atoms with E-state index in [0.29, 0.717) is 0 Å². The molecule has 0 spiro atoms. The van der Waals surface area contributed by atoms with Crippen molar-refractivity contribution in [3.63, 3.8) is 0 Å². The van der Waals surface area contributed by atoms with Gasteiger partial charge in [-0.25, -0.2) is 0 Å². The van der Waals surface area contributed by atoms with E-state index in [-0.39, 0.29) is 0 Å². The van der Waals surface area contributed by atoms with Crippen molar-refractivity contribution in [2.75, 3.05) is 0 Å². The summed E-state index contributed by atoms with van der Waals surface area (Å²) in [5.74, 6) is 0.803. The third kappa shape index (κ3) is 1.22. The highest BCUT2D eigenvalue weighted by Gasteiger charge is 2.36. The Morgan fingerprint density at radius 1 is 1.08 bits per heavy atom. The molecule has 3 atom stereocenters. The van der Waals surface area contributed by atoms with Crippen LogP contribution in [0.15, 0.2) is 42.5 Å². The Hall–Kier alpha value is -0.690. The highest BCUT2D eigenvalue weighted by atomic mass is 32.2. The second kappa shape index (κ2) is 2.91. The quantitative estimate of drug-likeness (QED) is 0.608. The van der Waals surface area contributed by atoms with E-state index in [0.717, 1.165) is 16.4 Å². The molecule has 1 aromatic carbocycles. The Labute approximate surface area is 83.0 Å². The summed E-state index contributed by atoms with van der Waals surface area (Å²) < 4.78 is 0. The van der Waals surface area contributed by atoms with Crippen molar-refractivity contribution in [2.24, 2.45) is 5.92 Å². The van der Waals surface area contributed by atoms with Gasteiger partial charge in [0.1, 0.15) is 0 Å². The minimum atomic E-state index is 0.733. The normalized spacial score (nSPS) is 35.5. The smallest absolute Gasteiger partial charge is 0.0366 e. The molecule has 0 unspecified atom stereocenters. The molecule has 1 saturated heterocycles. The van der Waals surface area contributed by atoms with Crippen molar-refractivity contribution < 1.29 is 0 Å². The second-order valence-electron chi connectivity index (χ2n) is 3.79. The summed E-state index contributed by atoms with van der Waals surface area (Å²) in [6, 6.07) is 10.9. The summed E-state index contributed by atoms with van der Waals surface area (Å²) in [5, 5.41) is 1.53. The van der Waals surface area contributed by atoms with E-state index in [1.54, 1.807) is 0 Å². The highest BCUT2D eigenvalue weighted by Crippen LogP contribution is 2.53. The van der Waals surface area contributed by atoms with Gasteiger partial charge in [0.15, 0.2) is 0 Å². The van der Waals surface area contributed by atoms with Gasteiger partial charge < -0.3 is 0 Å². The van der Waals surface area contributed by atoms with Gasteiger partial charge >= 0.3 is 0 Å². The van der Waals surface area contributed by atoms with E-state index in [9.17, 15) is 0 Å². The molecule has 1 aliphatic carbocycles. The number of hydrogen-bond donors (Lipinski definition) is 0. The molecule has 0 aromatic heterocycles. The maximum atomic E-state index is 2.40. The lowest BCUT2D eigenvalue weighted by Crippen LogP contribution is -2.00. The molecule has 1 heteroatoms. The van der Waals surface area contributed by atoms with Crippen LogP contribution in [0.3, 0.4) is 0 Å². The van der Waals surface area contributed by atoms with E-state index in [2.05, 4.69) is 54.2 Å². The Kier molecular flexibility index (Phi) is 1.72. The topological polar surface area (TPSA) is 0 Å². The van der Waals surface area contributed by atoms with Crippen LogP contribution in [0.25, 0.3) is 0 Å². The van der Waals surface area contributed by atoms with Crippen molar-refractivity contribution in [2.45, 2.75) is 16.9 Å². The Balaban J connectivity index is 1.92. The summed E-state index contributed by atoms with van der Waals surface area (Å²) in [6.07, 6.45) is 6.14. The van der Waals surface area contributed by atoms with Gasteiger partial charge in [-0.1, -0.05) is 42.5 Å². The first-order chi connectivity index (χ1) is 6.43. The third-order valence-corrected chi connectivity index (χ3v) is 4.53. The van der Waals surface area contributed by atoms with E-state index in [4.69, 9.17) is 0 Å². The van der Waals surface area contributed by atoms with Crippen LogP contribution in [-0.2, 0) is 0 Å². The fraction of sp³-hybridized carbons (Fsp3) is 0.333. The van der Waals surface area contributed by atoms with Gasteiger partial charge in [-0.05, 0) is 17.9 Å². The zero-order chi connectivity index (χ0) is 8.67. The Morgan fingerprint density at radius 3 is 2.54 bits per heavy atom. The lowest BCUT2D eigenvalue weighted by Gasteiger charge is -2.17. The van der Waals surface area contributed by atoms with Gasteiger partial charge in [0.25, 0.3) is 0 Å². The summed E-state index contributed by atoms with van der Waals surface area (Å²) >= 11 is 2.13. The Morgan fingerprint density at radius 2 is 1.92 bits per heavy atom. The van der Waals surface area contributed by atoms with E-state index < -0.39 is 0 Å². The number of thioether (sulfide) groups is 1. The van der Waals surface area contributed by atoms with Crippen molar-refractivity contribution in [3.05, 3.63) is 48.0 Å². The first-order valence-electron chi connectivity index (χ1n) is 4.82. The maximum Gasteiger partial charge on any atom is 0.0366 e. The molecule has 2 aliphatic rings. The van der Waals surface area contributed by atoms with Crippen LogP contribution in [0.1, 0.15) is 17.2 Å².